The van der Waals surface area contributed by atoms with Crippen molar-refractivity contribution < 1.29 is 19.1 Å². The number of aromatic nitrogens is 1. The van der Waals surface area contributed by atoms with E-state index in [2.05, 4.69) is 0 Å². The molecule has 0 radical (unpaired) electrons. The maximum absolute atomic E-state index is 12.7. The molecule has 0 unspecified atom stereocenters. The number of carbonyl (C=O) groups excluding carboxylic acids is 3. The van der Waals surface area contributed by atoms with E-state index in [0.29, 0.717) is 36.3 Å². The zero-order valence-corrected chi connectivity index (χ0v) is 13.7. The second-order valence-corrected chi connectivity index (χ2v) is 5.92. The van der Waals surface area contributed by atoms with Crippen molar-refractivity contribution in [2.24, 2.45) is 13.0 Å². The van der Waals surface area contributed by atoms with Crippen molar-refractivity contribution in [1.29, 1.82) is 0 Å². The van der Waals surface area contributed by atoms with Crippen molar-refractivity contribution in [3.8, 4) is 0 Å². The van der Waals surface area contributed by atoms with Gasteiger partial charge in [0.1, 0.15) is 11.5 Å². The molecule has 0 bridgehead atoms. The van der Waals surface area contributed by atoms with Gasteiger partial charge >= 0.3 is 5.97 Å². The van der Waals surface area contributed by atoms with E-state index >= 15 is 0 Å². The highest BCUT2D eigenvalue weighted by Crippen LogP contribution is 2.33. The van der Waals surface area contributed by atoms with Crippen LogP contribution in [0.25, 0.3) is 0 Å². The predicted molar refractivity (Wildman–Crippen MR) is 82.2 cm³/mol. The number of carbonyl (C=O) groups is 3. The van der Waals surface area contributed by atoms with E-state index in [9.17, 15) is 14.4 Å². The zero-order valence-electron chi connectivity index (χ0n) is 13.7. The van der Waals surface area contributed by atoms with Gasteiger partial charge in [0.25, 0.3) is 0 Å². The molecule has 0 aromatic carbocycles. The summed E-state index contributed by atoms with van der Waals surface area (Å²) in [6.45, 7) is 5.42. The summed E-state index contributed by atoms with van der Waals surface area (Å²) in [5.41, 5.74) is 2.73. The molecule has 0 saturated heterocycles. The maximum Gasteiger partial charge on any atom is 0.355 e. The Hall–Kier alpha value is -1.91. The van der Waals surface area contributed by atoms with Gasteiger partial charge in [-0.1, -0.05) is 0 Å². The molecule has 0 N–H and O–H groups in total. The fraction of sp³-hybridized carbons (Fsp3) is 0.588. The number of ether oxygens (including phenoxy) is 1. The summed E-state index contributed by atoms with van der Waals surface area (Å²) in [4.78, 5) is 36.0. The van der Waals surface area contributed by atoms with Crippen LogP contribution in [0.5, 0.6) is 0 Å². The van der Waals surface area contributed by atoms with Crippen LogP contribution in [0.2, 0.25) is 0 Å². The lowest BCUT2D eigenvalue weighted by Crippen LogP contribution is -2.24. The van der Waals surface area contributed by atoms with Crippen LogP contribution >= 0.6 is 0 Å². The summed E-state index contributed by atoms with van der Waals surface area (Å²) in [5, 5.41) is 0. The average Bonchev–Trinajstić information content (AvgIpc) is 2.70. The Morgan fingerprint density at radius 3 is 2.64 bits per heavy atom. The Bertz CT molecular complexity index is 627. The number of fused-ring (bicyclic) bond motifs is 1. The highest BCUT2D eigenvalue weighted by Gasteiger charge is 2.34. The lowest BCUT2D eigenvalue weighted by molar-refractivity contribution is -0.117. The van der Waals surface area contributed by atoms with Gasteiger partial charge in [-0.25, -0.2) is 4.79 Å². The Morgan fingerprint density at radius 1 is 1.36 bits per heavy atom. The van der Waals surface area contributed by atoms with Gasteiger partial charge in [-0.15, -0.1) is 0 Å². The van der Waals surface area contributed by atoms with Crippen LogP contribution < -0.4 is 0 Å². The molecule has 1 heterocycles. The molecule has 0 aliphatic heterocycles. The number of rotatable bonds is 5. The molecule has 1 aliphatic rings. The molecule has 1 aromatic heterocycles. The van der Waals surface area contributed by atoms with Crippen molar-refractivity contribution in [1.82, 2.24) is 4.57 Å². The Labute approximate surface area is 130 Å². The fourth-order valence-electron chi connectivity index (χ4n) is 3.30. The highest BCUT2D eigenvalue weighted by molar-refractivity contribution is 6.04. The molecule has 5 nitrogen and oxygen atoms in total. The van der Waals surface area contributed by atoms with Crippen LogP contribution in [-0.4, -0.2) is 28.7 Å². The maximum atomic E-state index is 12.7. The van der Waals surface area contributed by atoms with Gasteiger partial charge < -0.3 is 14.1 Å². The second kappa shape index (κ2) is 6.46. The number of hydrogen-bond acceptors (Lipinski definition) is 4. The molecule has 2 rings (SSSR count). The van der Waals surface area contributed by atoms with Crippen LogP contribution in [0.1, 0.15) is 65.2 Å². The third kappa shape index (κ3) is 2.85. The van der Waals surface area contributed by atoms with Crippen LogP contribution in [0.3, 0.4) is 0 Å². The first kappa shape index (κ1) is 16.5. The van der Waals surface area contributed by atoms with Gasteiger partial charge in [-0.2, -0.15) is 0 Å². The third-order valence-electron chi connectivity index (χ3n) is 4.42. The molecule has 1 aromatic rings. The summed E-state index contributed by atoms with van der Waals surface area (Å²) < 4.78 is 6.89. The number of ketones is 2. The lowest BCUT2D eigenvalue weighted by atomic mass is 9.82. The SMILES string of the molecule is CCOC(=O)c1c(C)c2c(n1C)CC[C@@H](CCC(C)=O)C2=O. The smallest absolute Gasteiger partial charge is 0.355 e. The number of nitrogens with zero attached hydrogens (tertiary/aromatic N) is 1. The molecule has 0 fully saturated rings. The van der Waals surface area contributed by atoms with Crippen molar-refractivity contribution in [3.05, 3.63) is 22.5 Å². The first-order chi connectivity index (χ1) is 10.4. The van der Waals surface area contributed by atoms with E-state index in [1.165, 1.54) is 0 Å². The van der Waals surface area contributed by atoms with Gasteiger partial charge in [-0.3, -0.25) is 4.79 Å². The molecular weight excluding hydrogens is 282 g/mol. The summed E-state index contributed by atoms with van der Waals surface area (Å²) in [5.74, 6) is -0.334. The van der Waals surface area contributed by atoms with Crippen LogP contribution in [-0.2, 0) is 23.0 Å². The average molecular weight is 305 g/mol. The molecule has 0 spiro atoms. The summed E-state index contributed by atoms with van der Waals surface area (Å²) in [6, 6.07) is 0. The van der Waals surface area contributed by atoms with Gasteiger partial charge in [0.15, 0.2) is 5.78 Å². The Kier molecular flexibility index (Phi) is 4.84. The monoisotopic (exact) mass is 305 g/mol. The molecule has 120 valence electrons. The number of Topliss-reactive ketones (excluding diaryl/α,β-unsaturated/α-hetero) is 2. The van der Waals surface area contributed by atoms with E-state index in [1.54, 1.807) is 32.4 Å². The molecule has 1 atom stereocenters. The summed E-state index contributed by atoms with van der Waals surface area (Å²) in [6.07, 6.45) is 2.51. The van der Waals surface area contributed by atoms with Crippen molar-refractivity contribution in [2.45, 2.75) is 46.5 Å². The summed E-state index contributed by atoms with van der Waals surface area (Å²) in [7, 11) is 1.81. The predicted octanol–water partition coefficient (Wildman–Crippen LogP) is 2.62. The second-order valence-electron chi connectivity index (χ2n) is 5.92. The number of esters is 1. The molecular formula is C17H23NO4. The summed E-state index contributed by atoms with van der Waals surface area (Å²) >= 11 is 0. The van der Waals surface area contributed by atoms with Gasteiger partial charge in [0, 0.05) is 30.6 Å². The van der Waals surface area contributed by atoms with Crippen LogP contribution in [0.4, 0.5) is 0 Å². The fourth-order valence-corrected chi connectivity index (χ4v) is 3.30. The van der Waals surface area contributed by atoms with E-state index in [4.69, 9.17) is 4.74 Å². The van der Waals surface area contributed by atoms with Crippen LogP contribution in [0.15, 0.2) is 0 Å². The highest BCUT2D eigenvalue weighted by atomic mass is 16.5. The van der Waals surface area contributed by atoms with Crippen molar-refractivity contribution >= 4 is 17.5 Å². The normalized spacial score (nSPS) is 17.3. The van der Waals surface area contributed by atoms with E-state index in [-0.39, 0.29) is 23.5 Å². The van der Waals surface area contributed by atoms with E-state index < -0.39 is 0 Å². The third-order valence-corrected chi connectivity index (χ3v) is 4.42. The minimum atomic E-state index is -0.384. The van der Waals surface area contributed by atoms with E-state index in [1.807, 2.05) is 0 Å². The van der Waals surface area contributed by atoms with E-state index in [0.717, 1.165) is 18.5 Å². The quantitative estimate of drug-likeness (QED) is 0.784. The lowest BCUT2D eigenvalue weighted by Gasteiger charge is -2.22. The Morgan fingerprint density at radius 2 is 2.05 bits per heavy atom. The van der Waals surface area contributed by atoms with Crippen molar-refractivity contribution in [3.63, 3.8) is 0 Å². The molecule has 0 amide bonds. The molecule has 5 heteroatoms. The minimum absolute atomic E-state index is 0.0612. The Balaban J connectivity index is 2.35. The van der Waals surface area contributed by atoms with Gasteiger partial charge in [0.05, 0.1) is 6.61 Å². The first-order valence-electron chi connectivity index (χ1n) is 7.77. The zero-order chi connectivity index (χ0) is 16.4. The standard InChI is InChI=1S/C17H23NO4/c1-5-22-17(21)15-11(3)14-13(18(15)4)9-8-12(16(14)20)7-6-10(2)19/h12H,5-9H2,1-4H3/t12-/m1/s1. The molecule has 1 aliphatic carbocycles. The largest absolute Gasteiger partial charge is 0.461 e. The van der Waals surface area contributed by atoms with Gasteiger partial charge in [-0.05, 0) is 45.6 Å². The molecule has 22 heavy (non-hydrogen) atoms. The number of hydrogen-bond donors (Lipinski definition) is 0. The van der Waals surface area contributed by atoms with Gasteiger partial charge in [0.2, 0.25) is 0 Å². The van der Waals surface area contributed by atoms with Crippen LogP contribution in [0, 0.1) is 12.8 Å². The molecule has 0 saturated carbocycles. The van der Waals surface area contributed by atoms with Crippen molar-refractivity contribution in [2.75, 3.05) is 6.61 Å². The first-order valence-corrected chi connectivity index (χ1v) is 7.77. The topological polar surface area (TPSA) is 65.4 Å². The minimum Gasteiger partial charge on any atom is -0.461 e.